The van der Waals surface area contributed by atoms with Gasteiger partial charge in [-0.05, 0) is 54.0 Å². The molecule has 0 saturated carbocycles. The number of hydrogen-bond donors (Lipinski definition) is 0. The molecule has 206 valence electrons. The summed E-state index contributed by atoms with van der Waals surface area (Å²) in [5.74, 6) is 0. The van der Waals surface area contributed by atoms with Crippen molar-refractivity contribution in [3.8, 4) is 11.3 Å². The minimum absolute atomic E-state index is 0.191. The summed E-state index contributed by atoms with van der Waals surface area (Å²) < 4.78 is 1.31. The molecule has 0 saturated heterocycles. The van der Waals surface area contributed by atoms with Crippen LogP contribution in [0.2, 0.25) is 0 Å². The molecule has 0 N–H and O–H groups in total. The van der Waals surface area contributed by atoms with Gasteiger partial charge in [-0.15, -0.1) is 22.7 Å². The van der Waals surface area contributed by atoms with Gasteiger partial charge >= 0.3 is 0 Å². The van der Waals surface area contributed by atoms with E-state index >= 15 is 0 Å². The molecule has 0 fully saturated rings. The lowest BCUT2D eigenvalue weighted by Crippen LogP contribution is -2.14. The van der Waals surface area contributed by atoms with E-state index < -0.39 is 0 Å². The topological polar surface area (TPSA) is 25.2 Å². The van der Waals surface area contributed by atoms with Crippen LogP contribution in [0.25, 0.3) is 21.3 Å². The average Bonchev–Trinajstić information content (AvgIpc) is 3.48. The molecule has 0 aliphatic carbocycles. The Kier molecular flexibility index (Phi) is 7.87. The second-order valence-corrected chi connectivity index (χ2v) is 15.4. The van der Waals surface area contributed by atoms with Crippen LogP contribution >= 0.6 is 22.7 Å². The number of pyridine rings is 1. The first-order valence-corrected chi connectivity index (χ1v) is 15.7. The molecule has 4 heteroatoms. The Morgan fingerprint density at radius 3 is 1.85 bits per heavy atom. The number of thiophene rings is 2. The fourth-order valence-electron chi connectivity index (χ4n) is 5.13. The van der Waals surface area contributed by atoms with Gasteiger partial charge in [0.15, 0.2) is 0 Å². The molecule has 5 aromatic rings. The summed E-state index contributed by atoms with van der Waals surface area (Å²) in [5.41, 5.74) is 9.19. The third-order valence-electron chi connectivity index (χ3n) is 7.41. The standard InChI is InChI=1S/C18H21NS.C18H19NS/c2*1-12-11-15-16(20-12)9-10-19-17(15)13-5-7-14(8-6-13)18(2,3)4/h5-8,11H,9-10H2,1-4H3;5-11H,1-4H3. The number of benzene rings is 2. The van der Waals surface area contributed by atoms with Crippen LogP contribution < -0.4 is 0 Å². The quantitative estimate of drug-likeness (QED) is 0.209. The van der Waals surface area contributed by atoms with E-state index in [-0.39, 0.29) is 10.8 Å². The largest absolute Gasteiger partial charge is 0.284 e. The van der Waals surface area contributed by atoms with Crippen LogP contribution in [-0.4, -0.2) is 17.2 Å². The molecular weight excluding hydrogens is 525 g/mol. The van der Waals surface area contributed by atoms with Crippen molar-refractivity contribution in [2.24, 2.45) is 4.99 Å². The van der Waals surface area contributed by atoms with E-state index in [0.717, 1.165) is 18.7 Å². The number of aliphatic imine (C=N–C) groups is 1. The third-order valence-corrected chi connectivity index (χ3v) is 9.54. The van der Waals surface area contributed by atoms with E-state index in [1.807, 2.05) is 28.9 Å². The summed E-state index contributed by atoms with van der Waals surface area (Å²) in [7, 11) is 0. The van der Waals surface area contributed by atoms with Crippen molar-refractivity contribution in [1.29, 1.82) is 0 Å². The summed E-state index contributed by atoms with van der Waals surface area (Å²) in [6.07, 6.45) is 3.00. The fraction of sp³-hybridized carbons (Fsp3) is 0.333. The zero-order valence-electron chi connectivity index (χ0n) is 25.1. The summed E-state index contributed by atoms with van der Waals surface area (Å²) in [5, 5.41) is 1.26. The van der Waals surface area contributed by atoms with Gasteiger partial charge in [0, 0.05) is 60.6 Å². The number of rotatable bonds is 2. The van der Waals surface area contributed by atoms with Crippen molar-refractivity contribution in [3.05, 3.63) is 110 Å². The maximum atomic E-state index is 4.77. The van der Waals surface area contributed by atoms with Crippen molar-refractivity contribution in [1.82, 2.24) is 4.98 Å². The zero-order chi connectivity index (χ0) is 28.7. The molecule has 1 aliphatic rings. The van der Waals surface area contributed by atoms with Gasteiger partial charge in [0.2, 0.25) is 0 Å². The number of nitrogens with zero attached hydrogens (tertiary/aromatic N) is 2. The Morgan fingerprint density at radius 2 is 1.25 bits per heavy atom. The smallest absolute Gasteiger partial charge is 0.0788 e. The maximum Gasteiger partial charge on any atom is 0.0788 e. The predicted octanol–water partition coefficient (Wildman–Crippen LogP) is 10.3. The first kappa shape index (κ1) is 28.4. The van der Waals surface area contributed by atoms with E-state index in [0.29, 0.717) is 0 Å². The number of aryl methyl sites for hydroxylation is 2. The van der Waals surface area contributed by atoms with Gasteiger partial charge in [0.05, 0.1) is 11.4 Å². The van der Waals surface area contributed by atoms with Gasteiger partial charge in [-0.1, -0.05) is 90.1 Å². The van der Waals surface area contributed by atoms with Crippen LogP contribution in [-0.2, 0) is 17.3 Å². The average molecular weight is 565 g/mol. The van der Waals surface area contributed by atoms with Crippen LogP contribution in [0.15, 0.2) is 77.9 Å². The lowest BCUT2D eigenvalue weighted by atomic mass is 9.86. The minimum atomic E-state index is 0.191. The van der Waals surface area contributed by atoms with Gasteiger partial charge < -0.3 is 0 Å². The Balaban J connectivity index is 0.000000161. The van der Waals surface area contributed by atoms with Crippen LogP contribution in [0, 0.1) is 13.8 Å². The molecule has 0 amide bonds. The van der Waals surface area contributed by atoms with Crippen molar-refractivity contribution in [2.75, 3.05) is 6.54 Å². The lowest BCUT2D eigenvalue weighted by molar-refractivity contribution is 0.590. The Morgan fingerprint density at radius 1 is 0.675 bits per heavy atom. The van der Waals surface area contributed by atoms with E-state index in [1.54, 1.807) is 0 Å². The second kappa shape index (κ2) is 11.1. The minimum Gasteiger partial charge on any atom is -0.284 e. The Hall–Kier alpha value is -3.08. The van der Waals surface area contributed by atoms with Crippen LogP contribution in [0.5, 0.6) is 0 Å². The van der Waals surface area contributed by atoms with Crippen LogP contribution in [0.3, 0.4) is 0 Å². The summed E-state index contributed by atoms with van der Waals surface area (Å²) in [6.45, 7) is 18.7. The molecular formula is C36H40N2S2. The summed E-state index contributed by atoms with van der Waals surface area (Å²) in [6, 6.07) is 24.4. The van der Waals surface area contributed by atoms with Crippen molar-refractivity contribution in [3.63, 3.8) is 0 Å². The van der Waals surface area contributed by atoms with E-state index in [1.165, 1.54) is 58.2 Å². The molecule has 0 atom stereocenters. The molecule has 0 bridgehead atoms. The van der Waals surface area contributed by atoms with E-state index in [9.17, 15) is 0 Å². The van der Waals surface area contributed by atoms with Crippen molar-refractivity contribution < 1.29 is 0 Å². The normalized spacial score (nSPS) is 13.4. The first-order chi connectivity index (χ1) is 18.9. The highest BCUT2D eigenvalue weighted by atomic mass is 32.1. The molecule has 40 heavy (non-hydrogen) atoms. The van der Waals surface area contributed by atoms with Crippen LogP contribution in [0.4, 0.5) is 0 Å². The van der Waals surface area contributed by atoms with Gasteiger partial charge in [-0.25, -0.2) is 0 Å². The highest BCUT2D eigenvalue weighted by Gasteiger charge is 2.20. The Labute approximate surface area is 247 Å². The van der Waals surface area contributed by atoms with Crippen LogP contribution in [0.1, 0.15) is 78.4 Å². The molecule has 6 rings (SSSR count). The fourth-order valence-corrected chi connectivity index (χ4v) is 7.07. The van der Waals surface area contributed by atoms with Gasteiger partial charge in [-0.3, -0.25) is 9.98 Å². The molecule has 2 aromatic carbocycles. The maximum absolute atomic E-state index is 4.77. The van der Waals surface area contributed by atoms with Gasteiger partial charge in [0.25, 0.3) is 0 Å². The summed E-state index contributed by atoms with van der Waals surface area (Å²) in [4.78, 5) is 13.6. The SMILES string of the molecule is Cc1cc2c(-c3ccc(C(C)(C)C)cc3)nccc2s1.Cc1cc2c(s1)CCN=C2c1ccc(C(C)(C)C)cc1. The lowest BCUT2D eigenvalue weighted by Gasteiger charge is -2.20. The highest BCUT2D eigenvalue weighted by Crippen LogP contribution is 2.33. The number of aromatic nitrogens is 1. The third kappa shape index (κ3) is 6.14. The molecule has 4 heterocycles. The monoisotopic (exact) mass is 564 g/mol. The highest BCUT2D eigenvalue weighted by molar-refractivity contribution is 7.19. The van der Waals surface area contributed by atoms with Crippen molar-refractivity contribution >= 4 is 38.5 Å². The molecule has 0 radical (unpaired) electrons. The molecule has 0 spiro atoms. The zero-order valence-corrected chi connectivity index (χ0v) is 26.7. The predicted molar refractivity (Wildman–Crippen MR) is 177 cm³/mol. The number of hydrogen-bond acceptors (Lipinski definition) is 4. The summed E-state index contributed by atoms with van der Waals surface area (Å²) >= 11 is 3.74. The Bertz CT molecular complexity index is 1650. The molecule has 1 aliphatic heterocycles. The van der Waals surface area contributed by atoms with E-state index in [4.69, 9.17) is 4.99 Å². The van der Waals surface area contributed by atoms with Gasteiger partial charge in [0.1, 0.15) is 0 Å². The van der Waals surface area contributed by atoms with Gasteiger partial charge in [-0.2, -0.15) is 0 Å². The number of fused-ring (bicyclic) bond motifs is 2. The first-order valence-electron chi connectivity index (χ1n) is 14.1. The molecule has 2 nitrogen and oxygen atoms in total. The van der Waals surface area contributed by atoms with E-state index in [2.05, 4.69) is 127 Å². The second-order valence-electron chi connectivity index (χ2n) is 12.8. The molecule has 3 aromatic heterocycles. The molecule has 0 unspecified atom stereocenters. The van der Waals surface area contributed by atoms with Crippen molar-refractivity contribution in [2.45, 2.75) is 72.6 Å².